The minimum absolute atomic E-state index is 0.120. The van der Waals surface area contributed by atoms with Crippen LogP contribution in [-0.2, 0) is 11.3 Å². The highest BCUT2D eigenvalue weighted by Crippen LogP contribution is 2.19. The Labute approximate surface area is 209 Å². The molecule has 1 aliphatic heterocycles. The summed E-state index contributed by atoms with van der Waals surface area (Å²) in [5.74, 6) is 1.21. The lowest BCUT2D eigenvalue weighted by Crippen LogP contribution is -2.38. The van der Waals surface area contributed by atoms with Gasteiger partial charge in [0.15, 0.2) is 11.5 Å². The molecule has 1 aliphatic rings. The molecular formula is C26H30N4O6. The Hall–Kier alpha value is -3.89. The summed E-state index contributed by atoms with van der Waals surface area (Å²) >= 11 is 0. The fourth-order valence-corrected chi connectivity index (χ4v) is 3.64. The number of methoxy groups -OCH3 is 1. The van der Waals surface area contributed by atoms with Crippen LogP contribution in [0.5, 0.6) is 11.5 Å². The lowest BCUT2D eigenvalue weighted by Gasteiger charge is -2.26. The predicted molar refractivity (Wildman–Crippen MR) is 132 cm³/mol. The first-order valence-corrected chi connectivity index (χ1v) is 11.8. The van der Waals surface area contributed by atoms with Crippen molar-refractivity contribution >= 4 is 17.5 Å². The molecule has 0 bridgehead atoms. The summed E-state index contributed by atoms with van der Waals surface area (Å²) in [7, 11) is 1.58. The molecule has 2 amide bonds. The summed E-state index contributed by atoms with van der Waals surface area (Å²) in [5.41, 5.74) is 1.38. The van der Waals surface area contributed by atoms with Gasteiger partial charge < -0.3 is 29.4 Å². The molecule has 10 heteroatoms. The summed E-state index contributed by atoms with van der Waals surface area (Å²) in [6.07, 6.45) is 0.857. The molecule has 1 saturated heterocycles. The molecule has 3 aromatic rings. The van der Waals surface area contributed by atoms with Gasteiger partial charge in [0.05, 0.1) is 20.3 Å². The molecule has 1 aromatic heterocycles. The van der Waals surface area contributed by atoms with Crippen LogP contribution >= 0.6 is 0 Å². The second-order valence-corrected chi connectivity index (χ2v) is 8.24. The van der Waals surface area contributed by atoms with E-state index >= 15 is 0 Å². The number of aromatic nitrogens is 1. The average molecular weight is 495 g/mol. The van der Waals surface area contributed by atoms with Crippen LogP contribution in [0.4, 0.5) is 5.69 Å². The number of morpholine rings is 1. The first kappa shape index (κ1) is 25.2. The smallest absolute Gasteiger partial charge is 0.273 e. The standard InChI is InChI=1S/C26H30N4O6/c1-33-21-7-3-19(4-8-21)25(31)28-20-5-9-22(10-6-20)35-18-23-17-24(29-36-23)26(32)27-11-2-12-30-13-15-34-16-14-30/h3-10,17H,2,11-16,18H2,1H3,(H,27,32)(H,28,31). The maximum Gasteiger partial charge on any atom is 0.273 e. The van der Waals surface area contributed by atoms with Crippen LogP contribution in [0.15, 0.2) is 59.1 Å². The van der Waals surface area contributed by atoms with Crippen molar-refractivity contribution in [2.45, 2.75) is 13.0 Å². The van der Waals surface area contributed by atoms with Gasteiger partial charge in [-0.3, -0.25) is 14.5 Å². The van der Waals surface area contributed by atoms with Crippen LogP contribution in [-0.4, -0.2) is 68.4 Å². The van der Waals surface area contributed by atoms with E-state index in [-0.39, 0.29) is 24.1 Å². The lowest BCUT2D eigenvalue weighted by molar-refractivity contribution is 0.0374. The number of rotatable bonds is 11. The van der Waals surface area contributed by atoms with E-state index in [2.05, 4.69) is 20.7 Å². The van der Waals surface area contributed by atoms with Gasteiger partial charge in [-0.1, -0.05) is 5.16 Å². The van der Waals surface area contributed by atoms with Crippen LogP contribution < -0.4 is 20.1 Å². The van der Waals surface area contributed by atoms with Gasteiger partial charge in [-0.25, -0.2) is 0 Å². The summed E-state index contributed by atoms with van der Waals surface area (Å²) in [4.78, 5) is 27.0. The van der Waals surface area contributed by atoms with E-state index < -0.39 is 0 Å². The number of anilines is 1. The molecule has 1 fully saturated rings. The van der Waals surface area contributed by atoms with Gasteiger partial charge in [0.1, 0.15) is 18.1 Å². The number of carbonyl (C=O) groups is 2. The normalized spacial score (nSPS) is 13.7. The minimum Gasteiger partial charge on any atom is -0.497 e. The van der Waals surface area contributed by atoms with Crippen LogP contribution in [0.3, 0.4) is 0 Å². The van der Waals surface area contributed by atoms with Crippen molar-refractivity contribution in [2.24, 2.45) is 0 Å². The Kier molecular flexibility index (Phi) is 8.90. The highest BCUT2D eigenvalue weighted by Gasteiger charge is 2.14. The molecule has 0 atom stereocenters. The topological polar surface area (TPSA) is 115 Å². The Balaban J connectivity index is 1.18. The van der Waals surface area contributed by atoms with Crippen molar-refractivity contribution in [1.29, 1.82) is 0 Å². The molecule has 2 N–H and O–H groups in total. The number of hydrogen-bond donors (Lipinski definition) is 2. The first-order valence-electron chi connectivity index (χ1n) is 11.8. The van der Waals surface area contributed by atoms with Gasteiger partial charge in [-0.15, -0.1) is 0 Å². The monoisotopic (exact) mass is 494 g/mol. The third-order valence-corrected chi connectivity index (χ3v) is 5.68. The summed E-state index contributed by atoms with van der Waals surface area (Å²) in [6, 6.07) is 15.4. The van der Waals surface area contributed by atoms with Gasteiger partial charge in [0.25, 0.3) is 11.8 Å². The second kappa shape index (κ2) is 12.7. The van der Waals surface area contributed by atoms with Crippen LogP contribution in [0.2, 0.25) is 0 Å². The second-order valence-electron chi connectivity index (χ2n) is 8.24. The van der Waals surface area contributed by atoms with Gasteiger partial charge >= 0.3 is 0 Å². The maximum absolute atomic E-state index is 12.4. The van der Waals surface area contributed by atoms with E-state index in [0.29, 0.717) is 35.1 Å². The van der Waals surface area contributed by atoms with Gasteiger partial charge in [0.2, 0.25) is 0 Å². The summed E-state index contributed by atoms with van der Waals surface area (Å²) in [6.45, 7) is 5.00. The predicted octanol–water partition coefficient (Wildman–Crippen LogP) is 2.97. The zero-order valence-electron chi connectivity index (χ0n) is 20.2. The number of amides is 2. The SMILES string of the molecule is COc1ccc(C(=O)Nc2ccc(OCc3cc(C(=O)NCCCN4CCOCC4)no3)cc2)cc1. The zero-order chi connectivity index (χ0) is 25.2. The molecule has 0 unspecified atom stereocenters. The third-order valence-electron chi connectivity index (χ3n) is 5.68. The minimum atomic E-state index is -0.274. The van der Waals surface area contributed by atoms with E-state index in [4.69, 9.17) is 18.7 Å². The number of nitrogens with zero attached hydrogens (tertiary/aromatic N) is 2. The Bertz CT molecular complexity index is 1120. The Morgan fingerprint density at radius 1 is 1.00 bits per heavy atom. The van der Waals surface area contributed by atoms with Crippen LogP contribution in [0, 0.1) is 0 Å². The number of hydrogen-bond acceptors (Lipinski definition) is 8. The van der Waals surface area contributed by atoms with E-state index in [1.165, 1.54) is 0 Å². The average Bonchev–Trinajstić information content (AvgIpc) is 3.40. The maximum atomic E-state index is 12.4. The molecule has 36 heavy (non-hydrogen) atoms. The molecule has 0 spiro atoms. The Morgan fingerprint density at radius 2 is 1.72 bits per heavy atom. The number of benzene rings is 2. The van der Waals surface area contributed by atoms with Crippen molar-refractivity contribution < 1.29 is 28.3 Å². The van der Waals surface area contributed by atoms with Gasteiger partial charge in [-0.05, 0) is 61.5 Å². The van der Waals surface area contributed by atoms with E-state index in [1.807, 2.05) is 0 Å². The first-order chi connectivity index (χ1) is 17.6. The molecule has 190 valence electrons. The Morgan fingerprint density at radius 3 is 2.44 bits per heavy atom. The molecular weight excluding hydrogens is 464 g/mol. The van der Waals surface area contributed by atoms with Gasteiger partial charge in [-0.2, -0.15) is 0 Å². The molecule has 2 aromatic carbocycles. The lowest BCUT2D eigenvalue weighted by atomic mass is 10.2. The van der Waals surface area contributed by atoms with E-state index in [9.17, 15) is 9.59 Å². The highest BCUT2D eigenvalue weighted by molar-refractivity contribution is 6.04. The summed E-state index contributed by atoms with van der Waals surface area (Å²) in [5, 5.41) is 9.53. The molecule has 10 nitrogen and oxygen atoms in total. The number of nitrogens with one attached hydrogen (secondary N) is 2. The molecule has 4 rings (SSSR count). The number of ether oxygens (including phenoxy) is 3. The molecule has 2 heterocycles. The fourth-order valence-electron chi connectivity index (χ4n) is 3.64. The van der Waals surface area contributed by atoms with E-state index in [1.54, 1.807) is 61.7 Å². The van der Waals surface area contributed by atoms with Crippen molar-refractivity contribution in [1.82, 2.24) is 15.4 Å². The van der Waals surface area contributed by atoms with Crippen molar-refractivity contribution in [3.05, 3.63) is 71.6 Å². The third kappa shape index (κ3) is 7.30. The summed E-state index contributed by atoms with van der Waals surface area (Å²) < 4.78 is 21.4. The quantitative estimate of drug-likeness (QED) is 0.391. The molecule has 0 saturated carbocycles. The van der Waals surface area contributed by atoms with Crippen molar-refractivity contribution in [3.8, 4) is 11.5 Å². The molecule has 0 aliphatic carbocycles. The zero-order valence-corrected chi connectivity index (χ0v) is 20.2. The van der Waals surface area contributed by atoms with Crippen LogP contribution in [0.1, 0.15) is 33.0 Å². The van der Waals surface area contributed by atoms with Gasteiger partial charge in [0, 0.05) is 37.0 Å². The van der Waals surface area contributed by atoms with Crippen molar-refractivity contribution in [2.75, 3.05) is 51.8 Å². The van der Waals surface area contributed by atoms with Crippen LogP contribution in [0.25, 0.3) is 0 Å². The largest absolute Gasteiger partial charge is 0.497 e. The number of carbonyl (C=O) groups excluding carboxylic acids is 2. The highest BCUT2D eigenvalue weighted by atomic mass is 16.5. The molecule has 0 radical (unpaired) electrons. The fraction of sp³-hybridized carbons (Fsp3) is 0.346. The van der Waals surface area contributed by atoms with Crippen molar-refractivity contribution in [3.63, 3.8) is 0 Å². The van der Waals surface area contributed by atoms with E-state index in [0.717, 1.165) is 39.3 Å².